The number of carbonyl (C=O) groups is 2. The molecule has 1 aliphatic heterocycles. The zero-order chi connectivity index (χ0) is 10.6. The Hall–Kier alpha value is -1.13. The molecule has 1 saturated heterocycles. The van der Waals surface area contributed by atoms with Crippen molar-refractivity contribution >= 4 is 40.8 Å². The molecular formula is C10H6ClNO2S. The van der Waals surface area contributed by atoms with Gasteiger partial charge in [0.1, 0.15) is 5.41 Å². The molecule has 0 saturated carbocycles. The van der Waals surface area contributed by atoms with Crippen molar-refractivity contribution in [3.63, 3.8) is 0 Å². The number of amides is 2. The molecule has 3 rings (SSSR count). The van der Waals surface area contributed by atoms with Crippen LogP contribution in [0.4, 0.5) is 0 Å². The number of halogens is 1. The van der Waals surface area contributed by atoms with E-state index in [1.807, 2.05) is 6.08 Å². The van der Waals surface area contributed by atoms with E-state index in [-0.39, 0.29) is 18.2 Å². The van der Waals surface area contributed by atoms with E-state index in [4.69, 9.17) is 11.6 Å². The van der Waals surface area contributed by atoms with Gasteiger partial charge in [-0.2, -0.15) is 0 Å². The van der Waals surface area contributed by atoms with Gasteiger partial charge in [0, 0.05) is 11.3 Å². The summed E-state index contributed by atoms with van der Waals surface area (Å²) in [7, 11) is 0. The molecule has 2 heterocycles. The minimum absolute atomic E-state index is 0.197. The van der Waals surface area contributed by atoms with Crippen LogP contribution in [0.3, 0.4) is 0 Å². The van der Waals surface area contributed by atoms with Gasteiger partial charge in [-0.1, -0.05) is 17.7 Å². The van der Waals surface area contributed by atoms with E-state index in [9.17, 15) is 9.59 Å². The third-order valence-corrected chi connectivity index (χ3v) is 4.06. The highest BCUT2D eigenvalue weighted by atomic mass is 35.5. The van der Waals surface area contributed by atoms with Crippen LogP contribution in [0.1, 0.15) is 16.9 Å². The largest absolute Gasteiger partial charge is 0.295 e. The van der Waals surface area contributed by atoms with E-state index in [0.717, 1.165) is 10.4 Å². The van der Waals surface area contributed by atoms with Crippen molar-refractivity contribution in [3.05, 3.63) is 26.9 Å². The number of imide groups is 1. The minimum Gasteiger partial charge on any atom is -0.295 e. The first-order valence-electron chi connectivity index (χ1n) is 4.45. The Morgan fingerprint density at radius 3 is 2.93 bits per heavy atom. The van der Waals surface area contributed by atoms with Gasteiger partial charge in [0.25, 0.3) is 0 Å². The average molecular weight is 240 g/mol. The van der Waals surface area contributed by atoms with Gasteiger partial charge in [-0.3, -0.25) is 14.9 Å². The first-order chi connectivity index (χ1) is 7.12. The van der Waals surface area contributed by atoms with Crippen molar-refractivity contribution in [1.29, 1.82) is 0 Å². The molecule has 15 heavy (non-hydrogen) atoms. The van der Waals surface area contributed by atoms with Crippen LogP contribution in [0.5, 0.6) is 0 Å². The highest BCUT2D eigenvalue weighted by Gasteiger charge is 2.49. The molecule has 76 valence electrons. The smallest absolute Gasteiger partial charge is 0.241 e. The number of hydrogen-bond donors (Lipinski definition) is 1. The number of fused-ring (bicyclic) bond motifs is 2. The monoisotopic (exact) mass is 239 g/mol. The number of nitrogens with one attached hydrogen (secondary N) is 1. The van der Waals surface area contributed by atoms with Gasteiger partial charge in [-0.15, -0.1) is 11.3 Å². The van der Waals surface area contributed by atoms with Gasteiger partial charge in [0.05, 0.1) is 4.34 Å². The molecule has 1 fully saturated rings. The summed E-state index contributed by atoms with van der Waals surface area (Å²) in [4.78, 5) is 24.0. The van der Waals surface area contributed by atoms with Crippen LogP contribution >= 0.6 is 22.9 Å². The lowest BCUT2D eigenvalue weighted by Gasteiger charge is -2.16. The summed E-state index contributed by atoms with van der Waals surface area (Å²) in [5, 5.41) is 2.33. The minimum atomic E-state index is -0.782. The van der Waals surface area contributed by atoms with Crippen LogP contribution in [0.25, 0.3) is 6.08 Å². The molecule has 0 radical (unpaired) electrons. The summed E-state index contributed by atoms with van der Waals surface area (Å²) < 4.78 is 0.649. The molecule has 0 bridgehead atoms. The maximum Gasteiger partial charge on any atom is 0.241 e. The fourth-order valence-electron chi connectivity index (χ4n) is 2.12. The molecule has 0 aromatic carbocycles. The zero-order valence-corrected chi connectivity index (χ0v) is 9.11. The number of rotatable bonds is 0. The first-order valence-corrected chi connectivity index (χ1v) is 5.65. The SMILES string of the molecule is O=C1CC2(C=Cc3sc(Cl)cc32)C(=O)N1. The van der Waals surface area contributed by atoms with Crippen LogP contribution in [-0.2, 0) is 15.0 Å². The molecule has 1 aliphatic carbocycles. The summed E-state index contributed by atoms with van der Waals surface area (Å²) in [5.74, 6) is -0.461. The Balaban J connectivity index is 2.20. The normalized spacial score (nSPS) is 27.5. The highest BCUT2D eigenvalue weighted by molar-refractivity contribution is 7.17. The number of hydrogen-bond acceptors (Lipinski definition) is 3. The Kier molecular flexibility index (Phi) is 1.65. The van der Waals surface area contributed by atoms with Gasteiger partial charge in [0.2, 0.25) is 11.8 Å². The predicted octanol–water partition coefficient (Wildman–Crippen LogP) is 1.71. The molecule has 2 aliphatic rings. The van der Waals surface area contributed by atoms with Crippen LogP contribution in [0.2, 0.25) is 4.34 Å². The van der Waals surface area contributed by atoms with Crippen LogP contribution in [0.15, 0.2) is 12.1 Å². The quantitative estimate of drug-likeness (QED) is 0.701. The fraction of sp³-hybridized carbons (Fsp3) is 0.200. The van der Waals surface area contributed by atoms with E-state index >= 15 is 0 Å². The highest BCUT2D eigenvalue weighted by Crippen LogP contribution is 2.46. The fourth-order valence-corrected chi connectivity index (χ4v) is 3.35. The lowest BCUT2D eigenvalue weighted by atomic mass is 9.82. The molecule has 1 atom stereocenters. The van der Waals surface area contributed by atoms with E-state index in [1.54, 1.807) is 12.1 Å². The van der Waals surface area contributed by atoms with Gasteiger partial charge in [0.15, 0.2) is 0 Å². The van der Waals surface area contributed by atoms with Crippen molar-refractivity contribution in [1.82, 2.24) is 5.32 Å². The predicted molar refractivity (Wildman–Crippen MR) is 57.8 cm³/mol. The third-order valence-electron chi connectivity index (χ3n) is 2.83. The van der Waals surface area contributed by atoms with Crippen molar-refractivity contribution in [3.8, 4) is 0 Å². The van der Waals surface area contributed by atoms with E-state index in [0.29, 0.717) is 4.34 Å². The average Bonchev–Trinajstić information content (AvgIpc) is 2.73. The zero-order valence-electron chi connectivity index (χ0n) is 7.54. The van der Waals surface area contributed by atoms with Crippen molar-refractivity contribution in [2.45, 2.75) is 11.8 Å². The van der Waals surface area contributed by atoms with Gasteiger partial charge in [-0.05, 0) is 17.7 Å². The van der Waals surface area contributed by atoms with E-state index < -0.39 is 5.41 Å². The Labute approximate surface area is 94.7 Å². The summed E-state index contributed by atoms with van der Waals surface area (Å²) in [6.07, 6.45) is 3.86. The summed E-state index contributed by atoms with van der Waals surface area (Å²) in [6, 6.07) is 1.78. The second-order valence-electron chi connectivity index (χ2n) is 3.69. The maximum absolute atomic E-state index is 11.8. The molecular weight excluding hydrogens is 234 g/mol. The van der Waals surface area contributed by atoms with Crippen LogP contribution in [-0.4, -0.2) is 11.8 Å². The van der Waals surface area contributed by atoms with Crippen molar-refractivity contribution in [2.24, 2.45) is 0 Å². The second kappa shape index (κ2) is 2.71. The molecule has 1 unspecified atom stereocenters. The molecule has 5 heteroatoms. The molecule has 1 spiro atoms. The van der Waals surface area contributed by atoms with Crippen molar-refractivity contribution in [2.75, 3.05) is 0 Å². The van der Waals surface area contributed by atoms with Crippen LogP contribution < -0.4 is 5.32 Å². The molecule has 2 amide bonds. The second-order valence-corrected chi connectivity index (χ2v) is 5.40. The summed E-state index contributed by atoms with van der Waals surface area (Å²) in [5.41, 5.74) is 0.0802. The molecule has 1 N–H and O–H groups in total. The summed E-state index contributed by atoms with van der Waals surface area (Å²) in [6.45, 7) is 0. The molecule has 3 nitrogen and oxygen atoms in total. The number of carbonyl (C=O) groups excluding carboxylic acids is 2. The Morgan fingerprint density at radius 1 is 1.47 bits per heavy atom. The van der Waals surface area contributed by atoms with Crippen molar-refractivity contribution < 1.29 is 9.59 Å². The summed E-state index contributed by atoms with van der Waals surface area (Å²) >= 11 is 7.32. The first kappa shape index (κ1) is 9.12. The third kappa shape index (κ3) is 1.06. The van der Waals surface area contributed by atoms with Crippen LogP contribution in [0, 0.1) is 0 Å². The number of thiophene rings is 1. The van der Waals surface area contributed by atoms with E-state index in [1.165, 1.54) is 11.3 Å². The molecule has 1 aromatic heterocycles. The molecule has 1 aromatic rings. The Morgan fingerprint density at radius 2 is 2.27 bits per heavy atom. The van der Waals surface area contributed by atoms with Gasteiger partial charge < -0.3 is 0 Å². The van der Waals surface area contributed by atoms with E-state index in [2.05, 4.69) is 5.32 Å². The Bertz CT molecular complexity index is 519. The lowest BCUT2D eigenvalue weighted by Crippen LogP contribution is -2.32. The lowest BCUT2D eigenvalue weighted by molar-refractivity contribution is -0.125. The maximum atomic E-state index is 11.8. The van der Waals surface area contributed by atoms with Gasteiger partial charge in [-0.25, -0.2) is 0 Å². The standard InChI is InChI=1S/C10H6ClNO2S/c11-7-3-5-6(15-7)1-2-10(5)4-8(13)12-9(10)14/h1-3H,4H2,(H,12,13,14). The van der Waals surface area contributed by atoms with Gasteiger partial charge >= 0.3 is 0 Å². The topological polar surface area (TPSA) is 46.2 Å².